The van der Waals surface area contributed by atoms with Gasteiger partial charge in [-0.15, -0.1) is 11.3 Å². The highest BCUT2D eigenvalue weighted by Gasteiger charge is 2.12. The third-order valence-electron chi connectivity index (χ3n) is 3.28. The van der Waals surface area contributed by atoms with Crippen LogP contribution in [0, 0.1) is 6.92 Å². The number of carbonyl (C=O) groups is 1. The predicted molar refractivity (Wildman–Crippen MR) is 81.6 cm³/mol. The van der Waals surface area contributed by atoms with Gasteiger partial charge in [-0.05, 0) is 49.0 Å². The molecular weight excluding hydrogens is 254 g/mol. The van der Waals surface area contributed by atoms with Crippen LogP contribution in [0.25, 0.3) is 10.4 Å². The lowest BCUT2D eigenvalue weighted by molar-refractivity contribution is -0.117. The van der Waals surface area contributed by atoms with Crippen molar-refractivity contribution >= 4 is 17.1 Å². The molecule has 1 heterocycles. The zero-order valence-electron chi connectivity index (χ0n) is 11.6. The molecule has 0 saturated heterocycles. The number of hydrogen-bond acceptors (Lipinski definition) is 3. The number of nitrogens with one attached hydrogen (secondary N) is 1. The van der Waals surface area contributed by atoms with Crippen molar-refractivity contribution in [2.24, 2.45) is 0 Å². The lowest BCUT2D eigenvalue weighted by atomic mass is 10.00. The van der Waals surface area contributed by atoms with E-state index in [0.29, 0.717) is 6.42 Å². The molecule has 0 aliphatic heterocycles. The maximum atomic E-state index is 11.2. The van der Waals surface area contributed by atoms with Crippen LogP contribution in [-0.4, -0.2) is 12.8 Å². The van der Waals surface area contributed by atoms with Crippen LogP contribution in [-0.2, 0) is 4.79 Å². The molecule has 0 radical (unpaired) electrons. The smallest absolute Gasteiger partial charge is 0.131 e. The average molecular weight is 273 g/mol. The second kappa shape index (κ2) is 6.13. The minimum absolute atomic E-state index is 0.107. The Morgan fingerprint density at radius 2 is 1.95 bits per heavy atom. The lowest BCUT2D eigenvalue weighted by Gasteiger charge is -2.15. The number of rotatable bonds is 5. The van der Waals surface area contributed by atoms with Crippen LogP contribution < -0.4 is 5.32 Å². The van der Waals surface area contributed by atoms with Crippen LogP contribution in [0.1, 0.15) is 30.5 Å². The van der Waals surface area contributed by atoms with Crippen molar-refractivity contribution in [3.63, 3.8) is 0 Å². The number of Topliss-reactive ketones (excluding diaryl/α,β-unsaturated/α-hetero) is 1. The number of hydrogen-bond donors (Lipinski definition) is 1. The van der Waals surface area contributed by atoms with E-state index in [2.05, 4.69) is 48.0 Å². The molecule has 1 N–H and O–H groups in total. The normalized spacial score (nSPS) is 12.4. The highest BCUT2D eigenvalue weighted by Crippen LogP contribution is 2.30. The zero-order chi connectivity index (χ0) is 13.8. The van der Waals surface area contributed by atoms with E-state index in [0.717, 1.165) is 5.56 Å². The molecule has 0 aliphatic rings. The summed E-state index contributed by atoms with van der Waals surface area (Å²) in [7, 11) is 1.89. The Bertz CT molecular complexity index is 556. The minimum Gasteiger partial charge on any atom is -0.313 e. The standard InChI is InChI=1S/C16H19NOS/c1-11-8-9-19-16(11)14-6-4-13(5-7-14)15(17-3)10-12(2)18/h4-9,15,17H,10H2,1-3H3/t15-/m1/s1. The molecule has 0 spiro atoms. The Kier molecular flexibility index (Phi) is 4.51. The van der Waals surface area contributed by atoms with Gasteiger partial charge in [0.25, 0.3) is 0 Å². The first-order valence-corrected chi connectivity index (χ1v) is 7.31. The molecule has 0 saturated carbocycles. The van der Waals surface area contributed by atoms with Crippen LogP contribution in [0.2, 0.25) is 0 Å². The molecule has 2 rings (SSSR count). The quantitative estimate of drug-likeness (QED) is 0.893. The SMILES string of the molecule is CN[C@H](CC(C)=O)c1ccc(-c2sccc2C)cc1. The molecule has 100 valence electrons. The molecule has 1 aromatic heterocycles. The van der Waals surface area contributed by atoms with E-state index in [9.17, 15) is 4.79 Å². The lowest BCUT2D eigenvalue weighted by Crippen LogP contribution is -2.18. The summed E-state index contributed by atoms with van der Waals surface area (Å²) in [6, 6.07) is 10.7. The van der Waals surface area contributed by atoms with Gasteiger partial charge in [-0.1, -0.05) is 24.3 Å². The van der Waals surface area contributed by atoms with Gasteiger partial charge in [-0.3, -0.25) is 4.79 Å². The summed E-state index contributed by atoms with van der Waals surface area (Å²) in [6.07, 6.45) is 0.536. The minimum atomic E-state index is 0.107. The van der Waals surface area contributed by atoms with E-state index >= 15 is 0 Å². The van der Waals surface area contributed by atoms with Gasteiger partial charge < -0.3 is 5.32 Å². The summed E-state index contributed by atoms with van der Waals surface area (Å²) in [6.45, 7) is 3.76. The van der Waals surface area contributed by atoms with Crippen LogP contribution in [0.4, 0.5) is 0 Å². The Morgan fingerprint density at radius 3 is 2.42 bits per heavy atom. The molecule has 1 aromatic carbocycles. The molecule has 0 fully saturated rings. The second-order valence-corrected chi connectivity index (χ2v) is 5.72. The summed E-state index contributed by atoms with van der Waals surface area (Å²) >= 11 is 1.76. The van der Waals surface area contributed by atoms with E-state index in [1.54, 1.807) is 18.3 Å². The van der Waals surface area contributed by atoms with Gasteiger partial charge in [0.15, 0.2) is 0 Å². The Labute approximate surface area is 118 Å². The van der Waals surface area contributed by atoms with E-state index in [1.807, 2.05) is 7.05 Å². The Balaban J connectivity index is 2.22. The van der Waals surface area contributed by atoms with Gasteiger partial charge in [-0.25, -0.2) is 0 Å². The van der Waals surface area contributed by atoms with Gasteiger partial charge in [-0.2, -0.15) is 0 Å². The molecule has 0 amide bonds. The van der Waals surface area contributed by atoms with Gasteiger partial charge in [0, 0.05) is 17.3 Å². The van der Waals surface area contributed by atoms with E-state index in [-0.39, 0.29) is 11.8 Å². The van der Waals surface area contributed by atoms with Crippen molar-refractivity contribution < 1.29 is 4.79 Å². The van der Waals surface area contributed by atoms with Crippen molar-refractivity contribution in [2.45, 2.75) is 26.3 Å². The first kappa shape index (κ1) is 14.0. The topological polar surface area (TPSA) is 29.1 Å². The van der Waals surface area contributed by atoms with E-state index < -0.39 is 0 Å². The van der Waals surface area contributed by atoms with Crippen molar-refractivity contribution in [3.05, 3.63) is 46.8 Å². The molecule has 19 heavy (non-hydrogen) atoms. The fourth-order valence-corrected chi connectivity index (χ4v) is 3.14. The molecule has 0 bridgehead atoms. The maximum Gasteiger partial charge on any atom is 0.131 e. The first-order valence-electron chi connectivity index (χ1n) is 6.43. The summed E-state index contributed by atoms with van der Waals surface area (Å²) in [5.74, 6) is 0.206. The number of aryl methyl sites for hydroxylation is 1. The third kappa shape index (κ3) is 3.31. The van der Waals surface area contributed by atoms with Gasteiger partial charge in [0.1, 0.15) is 5.78 Å². The Morgan fingerprint density at radius 1 is 1.26 bits per heavy atom. The fourth-order valence-electron chi connectivity index (χ4n) is 2.21. The van der Waals surface area contributed by atoms with Crippen molar-refractivity contribution in [2.75, 3.05) is 7.05 Å². The van der Waals surface area contributed by atoms with Crippen molar-refractivity contribution in [1.29, 1.82) is 0 Å². The predicted octanol–water partition coefficient (Wildman–Crippen LogP) is 3.96. The third-order valence-corrected chi connectivity index (χ3v) is 4.34. The highest BCUT2D eigenvalue weighted by molar-refractivity contribution is 7.13. The monoisotopic (exact) mass is 273 g/mol. The van der Waals surface area contributed by atoms with Crippen LogP contribution in [0.5, 0.6) is 0 Å². The number of ketones is 1. The van der Waals surface area contributed by atoms with Crippen LogP contribution >= 0.6 is 11.3 Å². The molecule has 2 aromatic rings. The van der Waals surface area contributed by atoms with Gasteiger partial charge in [0.05, 0.1) is 0 Å². The molecular formula is C16H19NOS. The summed E-state index contributed by atoms with van der Waals surface area (Å²) < 4.78 is 0. The summed E-state index contributed by atoms with van der Waals surface area (Å²) in [4.78, 5) is 12.6. The van der Waals surface area contributed by atoms with Crippen LogP contribution in [0.3, 0.4) is 0 Å². The Hall–Kier alpha value is -1.45. The number of carbonyl (C=O) groups excluding carboxylic acids is 1. The van der Waals surface area contributed by atoms with Crippen LogP contribution in [0.15, 0.2) is 35.7 Å². The summed E-state index contributed by atoms with van der Waals surface area (Å²) in [5, 5.41) is 5.31. The number of benzene rings is 1. The maximum absolute atomic E-state index is 11.2. The van der Waals surface area contributed by atoms with E-state index in [1.165, 1.54) is 16.0 Å². The van der Waals surface area contributed by atoms with E-state index in [4.69, 9.17) is 0 Å². The zero-order valence-corrected chi connectivity index (χ0v) is 12.4. The first-order chi connectivity index (χ1) is 9.11. The largest absolute Gasteiger partial charge is 0.313 e. The fraction of sp³-hybridized carbons (Fsp3) is 0.312. The van der Waals surface area contributed by atoms with Gasteiger partial charge in [0.2, 0.25) is 0 Å². The second-order valence-electron chi connectivity index (χ2n) is 4.80. The highest BCUT2D eigenvalue weighted by atomic mass is 32.1. The molecule has 2 nitrogen and oxygen atoms in total. The average Bonchev–Trinajstić information content (AvgIpc) is 2.82. The van der Waals surface area contributed by atoms with Gasteiger partial charge >= 0.3 is 0 Å². The van der Waals surface area contributed by atoms with Crippen molar-refractivity contribution in [3.8, 4) is 10.4 Å². The number of thiophene rings is 1. The summed E-state index contributed by atoms with van der Waals surface area (Å²) in [5.41, 5.74) is 3.72. The molecule has 0 unspecified atom stereocenters. The van der Waals surface area contributed by atoms with Crippen molar-refractivity contribution in [1.82, 2.24) is 5.32 Å². The molecule has 3 heteroatoms. The molecule has 1 atom stereocenters. The molecule has 0 aliphatic carbocycles.